The highest BCUT2D eigenvalue weighted by atomic mass is 32.2. The molecule has 0 saturated heterocycles. The molecule has 0 atom stereocenters. The van der Waals surface area contributed by atoms with Gasteiger partial charge >= 0.3 is 0 Å². The summed E-state index contributed by atoms with van der Waals surface area (Å²) in [5.41, 5.74) is 0.721. The molecule has 1 heterocycles. The summed E-state index contributed by atoms with van der Waals surface area (Å²) >= 11 is 0. The van der Waals surface area contributed by atoms with Gasteiger partial charge in [0.05, 0.1) is 4.90 Å². The zero-order valence-corrected chi connectivity index (χ0v) is 12.3. The van der Waals surface area contributed by atoms with Crippen molar-refractivity contribution in [3.63, 3.8) is 0 Å². The predicted octanol–water partition coefficient (Wildman–Crippen LogP) is 3.42. The highest BCUT2D eigenvalue weighted by Crippen LogP contribution is 2.24. The fourth-order valence-electron chi connectivity index (χ4n) is 1.90. The van der Waals surface area contributed by atoms with E-state index in [9.17, 15) is 17.2 Å². The van der Waals surface area contributed by atoms with E-state index in [1.165, 1.54) is 6.07 Å². The fourth-order valence-corrected chi connectivity index (χ4v) is 2.90. The van der Waals surface area contributed by atoms with E-state index in [1.54, 1.807) is 24.3 Å². The molecule has 0 unspecified atom stereocenters. The van der Waals surface area contributed by atoms with Crippen molar-refractivity contribution >= 4 is 15.8 Å². The minimum Gasteiger partial charge on any atom is -0.354 e. The van der Waals surface area contributed by atoms with Crippen LogP contribution in [0.15, 0.2) is 64.0 Å². The first-order valence-corrected chi connectivity index (χ1v) is 7.94. The Hall–Kier alpha value is -2.74. The van der Waals surface area contributed by atoms with Crippen molar-refractivity contribution in [2.75, 3.05) is 4.72 Å². The standard InChI is InChI=1S/C15H10F2N2O3S/c16-12-7-6-11(8-13(12)17)23(20,21)19-15-9-14(22-18-15)10-4-2-1-3-5-10/h1-9H,(H,18,19). The normalized spacial score (nSPS) is 11.4. The predicted molar refractivity (Wildman–Crippen MR) is 79.1 cm³/mol. The van der Waals surface area contributed by atoms with Gasteiger partial charge in [0.25, 0.3) is 10.0 Å². The van der Waals surface area contributed by atoms with Gasteiger partial charge < -0.3 is 4.52 Å². The first-order valence-electron chi connectivity index (χ1n) is 6.46. The fraction of sp³-hybridized carbons (Fsp3) is 0. The van der Waals surface area contributed by atoms with Crippen molar-refractivity contribution in [2.24, 2.45) is 0 Å². The molecule has 0 radical (unpaired) electrons. The van der Waals surface area contributed by atoms with Crippen molar-refractivity contribution in [3.05, 3.63) is 66.2 Å². The third-order valence-electron chi connectivity index (χ3n) is 3.01. The number of rotatable bonds is 4. The third kappa shape index (κ3) is 3.21. The molecule has 0 fully saturated rings. The van der Waals surface area contributed by atoms with Gasteiger partial charge in [-0.3, -0.25) is 4.72 Å². The van der Waals surface area contributed by atoms with E-state index in [4.69, 9.17) is 4.52 Å². The minimum atomic E-state index is -4.10. The second-order valence-electron chi connectivity index (χ2n) is 4.62. The van der Waals surface area contributed by atoms with Crippen LogP contribution in [0.3, 0.4) is 0 Å². The zero-order chi connectivity index (χ0) is 16.4. The average Bonchev–Trinajstić information content (AvgIpc) is 2.98. The highest BCUT2D eigenvalue weighted by Gasteiger charge is 2.19. The van der Waals surface area contributed by atoms with E-state index >= 15 is 0 Å². The summed E-state index contributed by atoms with van der Waals surface area (Å²) < 4.78 is 57.5. The van der Waals surface area contributed by atoms with E-state index in [-0.39, 0.29) is 5.82 Å². The molecule has 0 aliphatic carbocycles. The molecule has 0 amide bonds. The number of benzene rings is 2. The number of sulfonamides is 1. The lowest BCUT2D eigenvalue weighted by Gasteiger charge is -2.04. The Labute approximate surface area is 130 Å². The van der Waals surface area contributed by atoms with Crippen LogP contribution in [0.1, 0.15) is 0 Å². The van der Waals surface area contributed by atoms with Gasteiger partial charge in [0.2, 0.25) is 0 Å². The van der Waals surface area contributed by atoms with E-state index < -0.39 is 26.6 Å². The highest BCUT2D eigenvalue weighted by molar-refractivity contribution is 7.92. The molecule has 1 N–H and O–H groups in total. The number of halogens is 2. The Morgan fingerprint density at radius 2 is 1.70 bits per heavy atom. The van der Waals surface area contributed by atoms with Crippen LogP contribution in [0.25, 0.3) is 11.3 Å². The molecule has 3 aromatic rings. The molecule has 0 saturated carbocycles. The quantitative estimate of drug-likeness (QED) is 0.792. The molecule has 5 nitrogen and oxygen atoms in total. The first kappa shape index (κ1) is 15.2. The van der Waals surface area contributed by atoms with Crippen LogP contribution in [0.5, 0.6) is 0 Å². The first-order chi connectivity index (χ1) is 11.0. The summed E-state index contributed by atoms with van der Waals surface area (Å²) in [4.78, 5) is -0.416. The van der Waals surface area contributed by atoms with Crippen molar-refractivity contribution in [1.82, 2.24) is 5.16 Å². The topological polar surface area (TPSA) is 72.2 Å². The van der Waals surface area contributed by atoms with Crippen LogP contribution in [-0.4, -0.2) is 13.6 Å². The molecule has 1 aromatic heterocycles. The second-order valence-corrected chi connectivity index (χ2v) is 6.31. The van der Waals surface area contributed by atoms with Crippen LogP contribution in [-0.2, 0) is 10.0 Å². The van der Waals surface area contributed by atoms with E-state index in [0.717, 1.165) is 17.7 Å². The number of hydrogen-bond acceptors (Lipinski definition) is 4. The van der Waals surface area contributed by atoms with Crippen molar-refractivity contribution in [1.29, 1.82) is 0 Å². The van der Waals surface area contributed by atoms with Crippen LogP contribution in [0.2, 0.25) is 0 Å². The van der Waals surface area contributed by atoms with Crippen LogP contribution in [0.4, 0.5) is 14.6 Å². The maximum atomic E-state index is 13.2. The number of nitrogens with zero attached hydrogens (tertiary/aromatic N) is 1. The van der Waals surface area contributed by atoms with Gasteiger partial charge in [-0.1, -0.05) is 35.5 Å². The molecular formula is C15H10F2N2O3S. The molecule has 8 heteroatoms. The summed E-state index contributed by atoms with van der Waals surface area (Å²) in [6.07, 6.45) is 0. The maximum absolute atomic E-state index is 13.2. The summed E-state index contributed by atoms with van der Waals surface area (Å²) in [6.45, 7) is 0. The largest absolute Gasteiger partial charge is 0.354 e. The van der Waals surface area contributed by atoms with Crippen molar-refractivity contribution < 1.29 is 21.7 Å². The Balaban J connectivity index is 1.86. The molecule has 0 aliphatic rings. The van der Waals surface area contributed by atoms with E-state index in [0.29, 0.717) is 11.8 Å². The van der Waals surface area contributed by atoms with Gasteiger partial charge in [-0.2, -0.15) is 0 Å². The lowest BCUT2D eigenvalue weighted by Crippen LogP contribution is -2.13. The smallest absolute Gasteiger partial charge is 0.263 e. The van der Waals surface area contributed by atoms with Gasteiger partial charge in [-0.15, -0.1) is 0 Å². The van der Waals surface area contributed by atoms with Crippen LogP contribution < -0.4 is 4.72 Å². The third-order valence-corrected chi connectivity index (χ3v) is 4.36. The SMILES string of the molecule is O=S(=O)(Nc1cc(-c2ccccc2)on1)c1ccc(F)c(F)c1. The second kappa shape index (κ2) is 5.81. The molecule has 0 aliphatic heterocycles. The van der Waals surface area contributed by atoms with Gasteiger partial charge in [0, 0.05) is 11.6 Å². The Morgan fingerprint density at radius 1 is 0.957 bits per heavy atom. The number of anilines is 1. The minimum absolute atomic E-state index is 0.0615. The maximum Gasteiger partial charge on any atom is 0.263 e. The van der Waals surface area contributed by atoms with E-state index in [1.807, 2.05) is 6.07 Å². The number of aromatic nitrogens is 1. The lowest BCUT2D eigenvalue weighted by molar-refractivity contribution is 0.435. The number of hydrogen-bond donors (Lipinski definition) is 1. The Morgan fingerprint density at radius 3 is 2.39 bits per heavy atom. The van der Waals surface area contributed by atoms with Crippen LogP contribution >= 0.6 is 0 Å². The molecule has 23 heavy (non-hydrogen) atoms. The molecule has 3 rings (SSSR count). The monoisotopic (exact) mass is 336 g/mol. The van der Waals surface area contributed by atoms with Crippen LogP contribution in [0, 0.1) is 11.6 Å². The summed E-state index contributed by atoms with van der Waals surface area (Å²) in [5, 5.41) is 3.61. The van der Waals surface area contributed by atoms with Crippen molar-refractivity contribution in [2.45, 2.75) is 4.90 Å². The molecule has 118 valence electrons. The molecule has 2 aromatic carbocycles. The zero-order valence-electron chi connectivity index (χ0n) is 11.5. The molecule has 0 bridgehead atoms. The molecule has 0 spiro atoms. The van der Waals surface area contributed by atoms with Gasteiger partial charge in [0.15, 0.2) is 23.2 Å². The Bertz CT molecular complexity index is 940. The van der Waals surface area contributed by atoms with Gasteiger partial charge in [-0.05, 0) is 18.2 Å². The Kier molecular flexibility index (Phi) is 3.83. The van der Waals surface area contributed by atoms with E-state index in [2.05, 4.69) is 9.88 Å². The van der Waals surface area contributed by atoms with Gasteiger partial charge in [-0.25, -0.2) is 17.2 Å². The lowest BCUT2D eigenvalue weighted by atomic mass is 10.2. The van der Waals surface area contributed by atoms with Crippen molar-refractivity contribution in [3.8, 4) is 11.3 Å². The molecular weight excluding hydrogens is 326 g/mol. The number of nitrogens with one attached hydrogen (secondary N) is 1. The summed E-state index contributed by atoms with van der Waals surface area (Å²) in [6, 6.07) is 12.6. The van der Waals surface area contributed by atoms with Gasteiger partial charge in [0.1, 0.15) is 0 Å². The summed E-state index contributed by atoms with van der Waals surface area (Å²) in [5.74, 6) is -2.07. The summed E-state index contributed by atoms with van der Waals surface area (Å²) in [7, 11) is -4.10. The average molecular weight is 336 g/mol.